The summed E-state index contributed by atoms with van der Waals surface area (Å²) in [5, 5.41) is 2.90. The van der Waals surface area contributed by atoms with E-state index >= 15 is 0 Å². The molecule has 98 valence electrons. The zero-order valence-electron chi connectivity index (χ0n) is 11.1. The van der Waals surface area contributed by atoms with Crippen LogP contribution in [0.4, 0.5) is 0 Å². The summed E-state index contributed by atoms with van der Waals surface area (Å²) in [5.41, 5.74) is 7.40. The Morgan fingerprint density at radius 3 is 2.61 bits per heavy atom. The highest BCUT2D eigenvalue weighted by molar-refractivity contribution is 7.80. The molecule has 0 atom stereocenters. The lowest BCUT2D eigenvalue weighted by atomic mass is 9.92. The monoisotopic (exact) mass is 264 g/mol. The van der Waals surface area contributed by atoms with Gasteiger partial charge in [0.05, 0.1) is 0 Å². The lowest BCUT2D eigenvalue weighted by molar-refractivity contribution is -0.122. The van der Waals surface area contributed by atoms with Gasteiger partial charge in [-0.3, -0.25) is 4.79 Å². The van der Waals surface area contributed by atoms with Crippen molar-refractivity contribution in [3.05, 3.63) is 35.4 Å². The molecule has 0 unspecified atom stereocenters. The maximum absolute atomic E-state index is 11.7. The van der Waals surface area contributed by atoms with Crippen LogP contribution in [-0.4, -0.2) is 10.9 Å². The number of amides is 1. The van der Waals surface area contributed by atoms with Gasteiger partial charge >= 0.3 is 0 Å². The molecule has 3 nitrogen and oxygen atoms in total. The summed E-state index contributed by atoms with van der Waals surface area (Å²) >= 11 is 4.92. The third-order valence-corrected chi connectivity index (χ3v) is 2.63. The molecule has 3 N–H and O–H groups in total. The average molecular weight is 264 g/mol. The van der Waals surface area contributed by atoms with Gasteiger partial charge in [0, 0.05) is 18.5 Å². The molecular weight excluding hydrogens is 244 g/mol. The second-order valence-electron chi connectivity index (χ2n) is 5.58. The molecule has 0 aliphatic heterocycles. The summed E-state index contributed by atoms with van der Waals surface area (Å²) in [6.45, 7) is 6.63. The predicted octanol–water partition coefficient (Wildman–Crippen LogP) is 2.37. The molecule has 0 saturated carbocycles. The van der Waals surface area contributed by atoms with Crippen LogP contribution in [0.25, 0.3) is 0 Å². The molecule has 0 fully saturated rings. The first-order valence-electron chi connectivity index (χ1n) is 5.93. The molecule has 0 aromatic heterocycles. The quantitative estimate of drug-likeness (QED) is 0.821. The Balaban J connectivity index is 2.56. The smallest absolute Gasteiger partial charge is 0.220 e. The van der Waals surface area contributed by atoms with E-state index in [9.17, 15) is 4.79 Å². The van der Waals surface area contributed by atoms with Crippen LogP contribution in [0.1, 0.15) is 38.3 Å². The zero-order valence-corrected chi connectivity index (χ0v) is 11.9. The maximum atomic E-state index is 11.7. The van der Waals surface area contributed by atoms with Crippen LogP contribution in [-0.2, 0) is 11.3 Å². The lowest BCUT2D eigenvalue weighted by Gasteiger charge is -2.17. The Bertz CT molecular complexity index is 449. The zero-order chi connectivity index (χ0) is 13.8. The maximum Gasteiger partial charge on any atom is 0.220 e. The van der Waals surface area contributed by atoms with E-state index in [2.05, 4.69) is 5.32 Å². The van der Waals surface area contributed by atoms with Crippen LogP contribution in [0, 0.1) is 5.41 Å². The van der Waals surface area contributed by atoms with Gasteiger partial charge in [0.15, 0.2) is 0 Å². The van der Waals surface area contributed by atoms with Crippen LogP contribution < -0.4 is 11.1 Å². The van der Waals surface area contributed by atoms with Crippen molar-refractivity contribution in [2.75, 3.05) is 0 Å². The van der Waals surface area contributed by atoms with E-state index in [-0.39, 0.29) is 11.3 Å². The van der Waals surface area contributed by atoms with E-state index < -0.39 is 0 Å². The summed E-state index contributed by atoms with van der Waals surface area (Å²) < 4.78 is 0. The third-order valence-electron chi connectivity index (χ3n) is 2.39. The van der Waals surface area contributed by atoms with Crippen LogP contribution in [0.15, 0.2) is 24.3 Å². The summed E-state index contributed by atoms with van der Waals surface area (Å²) in [5.74, 6) is 0.0585. The van der Waals surface area contributed by atoms with Crippen molar-refractivity contribution in [1.82, 2.24) is 5.32 Å². The second-order valence-corrected chi connectivity index (χ2v) is 6.02. The number of nitrogens with two attached hydrogens (primary N) is 1. The van der Waals surface area contributed by atoms with Gasteiger partial charge in [0.25, 0.3) is 0 Å². The van der Waals surface area contributed by atoms with Crippen molar-refractivity contribution in [1.29, 1.82) is 0 Å². The van der Waals surface area contributed by atoms with Crippen molar-refractivity contribution in [2.24, 2.45) is 11.1 Å². The number of carbonyl (C=O) groups is 1. The minimum atomic E-state index is 0.00472. The van der Waals surface area contributed by atoms with Crippen molar-refractivity contribution in [3.8, 4) is 0 Å². The molecule has 0 saturated heterocycles. The van der Waals surface area contributed by atoms with Gasteiger partial charge in [-0.25, -0.2) is 0 Å². The number of carbonyl (C=O) groups excluding carboxylic acids is 1. The molecule has 1 aromatic rings. The number of rotatable bonds is 4. The summed E-state index contributed by atoms with van der Waals surface area (Å²) in [4.78, 5) is 12.1. The molecule has 0 spiro atoms. The summed E-state index contributed by atoms with van der Waals surface area (Å²) in [6, 6.07) is 7.60. The normalized spacial score (nSPS) is 11.1. The van der Waals surface area contributed by atoms with Crippen LogP contribution in [0.2, 0.25) is 0 Å². The number of thiocarbonyl (C=S) groups is 1. The van der Waals surface area contributed by atoms with Gasteiger partial charge in [-0.1, -0.05) is 51.2 Å². The first-order chi connectivity index (χ1) is 8.28. The fourth-order valence-corrected chi connectivity index (χ4v) is 1.71. The van der Waals surface area contributed by atoms with E-state index in [0.717, 1.165) is 11.1 Å². The van der Waals surface area contributed by atoms with Gasteiger partial charge < -0.3 is 11.1 Å². The Morgan fingerprint density at radius 1 is 1.39 bits per heavy atom. The highest BCUT2D eigenvalue weighted by Gasteiger charge is 2.15. The summed E-state index contributed by atoms with van der Waals surface area (Å²) in [6.07, 6.45) is 0.516. The Morgan fingerprint density at radius 2 is 2.06 bits per heavy atom. The van der Waals surface area contributed by atoms with Crippen molar-refractivity contribution < 1.29 is 4.79 Å². The topological polar surface area (TPSA) is 55.1 Å². The van der Waals surface area contributed by atoms with Crippen molar-refractivity contribution in [3.63, 3.8) is 0 Å². The molecule has 4 heteroatoms. The molecule has 0 bridgehead atoms. The first-order valence-corrected chi connectivity index (χ1v) is 6.34. The van der Waals surface area contributed by atoms with Gasteiger partial charge in [0.1, 0.15) is 4.99 Å². The van der Waals surface area contributed by atoms with E-state index in [0.29, 0.717) is 18.0 Å². The number of hydrogen-bond donors (Lipinski definition) is 2. The van der Waals surface area contributed by atoms with Crippen LogP contribution in [0.3, 0.4) is 0 Å². The fraction of sp³-hybridized carbons (Fsp3) is 0.429. The van der Waals surface area contributed by atoms with Gasteiger partial charge in [-0.2, -0.15) is 0 Å². The molecule has 0 heterocycles. The first kappa shape index (κ1) is 14.6. The van der Waals surface area contributed by atoms with Crippen molar-refractivity contribution in [2.45, 2.75) is 33.7 Å². The predicted molar refractivity (Wildman–Crippen MR) is 78.2 cm³/mol. The Kier molecular flexibility index (Phi) is 4.84. The third kappa shape index (κ3) is 5.27. The Labute approximate surface area is 114 Å². The van der Waals surface area contributed by atoms with Crippen molar-refractivity contribution >= 4 is 23.1 Å². The molecule has 1 rings (SSSR count). The molecule has 0 radical (unpaired) electrons. The molecule has 0 aliphatic carbocycles. The van der Waals surface area contributed by atoms with Crippen LogP contribution >= 0.6 is 12.2 Å². The number of hydrogen-bond acceptors (Lipinski definition) is 2. The molecule has 1 amide bonds. The molecule has 0 aliphatic rings. The number of nitrogens with one attached hydrogen (secondary N) is 1. The standard InChI is InChI=1S/C14H20N2OS/c1-14(2,3)8-12(17)16-9-10-5-4-6-11(7-10)13(15)18/h4-7H,8-9H2,1-3H3,(H2,15,18)(H,16,17). The molecule has 1 aromatic carbocycles. The van der Waals surface area contributed by atoms with Gasteiger partial charge in [-0.15, -0.1) is 0 Å². The largest absolute Gasteiger partial charge is 0.389 e. The fourth-order valence-electron chi connectivity index (χ4n) is 1.58. The molecular formula is C14H20N2OS. The van der Waals surface area contributed by atoms with Gasteiger partial charge in [0.2, 0.25) is 5.91 Å². The average Bonchev–Trinajstić information content (AvgIpc) is 2.24. The SMILES string of the molecule is CC(C)(C)CC(=O)NCc1cccc(C(N)=S)c1. The minimum absolute atomic E-state index is 0.00472. The van der Waals surface area contributed by atoms with E-state index in [4.69, 9.17) is 18.0 Å². The van der Waals surface area contributed by atoms with Gasteiger partial charge in [-0.05, 0) is 17.0 Å². The molecule has 18 heavy (non-hydrogen) atoms. The van der Waals surface area contributed by atoms with E-state index in [1.165, 1.54) is 0 Å². The van der Waals surface area contributed by atoms with Crippen LogP contribution in [0.5, 0.6) is 0 Å². The van der Waals surface area contributed by atoms with E-state index in [1.54, 1.807) is 0 Å². The second kappa shape index (κ2) is 5.96. The Hall–Kier alpha value is -1.42. The highest BCUT2D eigenvalue weighted by atomic mass is 32.1. The lowest BCUT2D eigenvalue weighted by Crippen LogP contribution is -2.27. The number of benzene rings is 1. The van der Waals surface area contributed by atoms with E-state index in [1.807, 2.05) is 45.0 Å². The summed E-state index contributed by atoms with van der Waals surface area (Å²) in [7, 11) is 0. The highest BCUT2D eigenvalue weighted by Crippen LogP contribution is 2.17. The minimum Gasteiger partial charge on any atom is -0.389 e.